The number of aryl methyl sites for hydroxylation is 2. The third kappa shape index (κ3) is 3.78. The predicted molar refractivity (Wildman–Crippen MR) is 117 cm³/mol. The van der Waals surface area contributed by atoms with E-state index < -0.39 is 11.3 Å². The minimum Gasteiger partial charge on any atom is -0.355 e. The lowest BCUT2D eigenvalue weighted by molar-refractivity contribution is 0.0963. The molecule has 8 heteroatoms. The molecule has 2 amide bonds. The molecule has 0 radical (unpaired) electrons. The Bertz CT molecular complexity index is 1200. The Hall–Kier alpha value is -3.26. The second-order valence-corrected chi connectivity index (χ2v) is 8.37. The van der Waals surface area contributed by atoms with Crippen molar-refractivity contribution in [1.82, 2.24) is 15.1 Å². The number of amides is 2. The molecule has 1 aromatic carbocycles. The molecule has 154 valence electrons. The predicted octanol–water partition coefficient (Wildman–Crippen LogP) is 3.09. The first-order chi connectivity index (χ1) is 14.5. The van der Waals surface area contributed by atoms with Crippen LogP contribution in [0.3, 0.4) is 0 Å². The first-order valence-corrected chi connectivity index (χ1v) is 10.6. The zero-order chi connectivity index (χ0) is 21.3. The van der Waals surface area contributed by atoms with Crippen molar-refractivity contribution in [2.45, 2.75) is 32.6 Å². The lowest BCUT2D eigenvalue weighted by Gasteiger charge is -2.12. The number of nitrogens with one attached hydrogen (secondary N) is 2. The van der Waals surface area contributed by atoms with Crippen LogP contribution in [0, 0.1) is 6.92 Å². The molecule has 0 saturated carbocycles. The van der Waals surface area contributed by atoms with Crippen LogP contribution in [-0.4, -0.2) is 28.6 Å². The minimum absolute atomic E-state index is 0.215. The summed E-state index contributed by atoms with van der Waals surface area (Å²) in [7, 11) is 1.57. The van der Waals surface area contributed by atoms with Crippen LogP contribution in [0.2, 0.25) is 0 Å². The van der Waals surface area contributed by atoms with Gasteiger partial charge in [0.1, 0.15) is 5.00 Å². The van der Waals surface area contributed by atoms with Gasteiger partial charge in [0.05, 0.1) is 11.3 Å². The van der Waals surface area contributed by atoms with Crippen LogP contribution in [0.25, 0.3) is 5.69 Å². The van der Waals surface area contributed by atoms with E-state index in [0.717, 1.165) is 47.4 Å². The van der Waals surface area contributed by atoms with E-state index in [4.69, 9.17) is 0 Å². The number of nitrogens with zero attached hydrogens (tertiary/aromatic N) is 2. The van der Waals surface area contributed by atoms with Gasteiger partial charge >= 0.3 is 0 Å². The Morgan fingerprint density at radius 3 is 2.70 bits per heavy atom. The van der Waals surface area contributed by atoms with Crippen molar-refractivity contribution in [3.8, 4) is 5.69 Å². The molecule has 1 aliphatic carbocycles. The third-order valence-electron chi connectivity index (χ3n) is 5.14. The number of rotatable bonds is 4. The van der Waals surface area contributed by atoms with Crippen molar-refractivity contribution >= 4 is 28.2 Å². The molecule has 0 atom stereocenters. The highest BCUT2D eigenvalue weighted by Gasteiger charge is 2.26. The molecule has 0 spiro atoms. The standard InChI is InChI=1S/C22H22N4O3S/c1-13-6-5-7-14(12-13)26-11-10-16(27)19(25-26)21(29)24-22-18(20(28)23-2)15-8-3-4-9-17(15)30-22/h5-7,10-12H,3-4,8-9H2,1-2H3,(H,23,28)(H,24,29). The highest BCUT2D eigenvalue weighted by molar-refractivity contribution is 7.17. The summed E-state index contributed by atoms with van der Waals surface area (Å²) >= 11 is 1.41. The lowest BCUT2D eigenvalue weighted by atomic mass is 9.95. The number of aromatic nitrogens is 2. The van der Waals surface area contributed by atoms with Crippen LogP contribution in [0.5, 0.6) is 0 Å². The molecule has 2 N–H and O–H groups in total. The summed E-state index contributed by atoms with van der Waals surface area (Å²) in [6.07, 6.45) is 5.32. The number of benzene rings is 1. The quantitative estimate of drug-likeness (QED) is 0.676. The molecule has 30 heavy (non-hydrogen) atoms. The van der Waals surface area contributed by atoms with E-state index in [1.54, 1.807) is 7.05 Å². The van der Waals surface area contributed by atoms with Gasteiger partial charge in [-0.05, 0) is 55.9 Å². The number of hydrogen-bond donors (Lipinski definition) is 2. The minimum atomic E-state index is -0.620. The Morgan fingerprint density at radius 1 is 1.13 bits per heavy atom. The first-order valence-electron chi connectivity index (χ1n) is 9.83. The second-order valence-electron chi connectivity index (χ2n) is 7.26. The van der Waals surface area contributed by atoms with E-state index >= 15 is 0 Å². The topological polar surface area (TPSA) is 93.1 Å². The van der Waals surface area contributed by atoms with E-state index in [9.17, 15) is 14.4 Å². The highest BCUT2D eigenvalue weighted by Crippen LogP contribution is 2.38. The van der Waals surface area contributed by atoms with Gasteiger partial charge in [-0.1, -0.05) is 12.1 Å². The van der Waals surface area contributed by atoms with Crippen molar-refractivity contribution < 1.29 is 9.59 Å². The van der Waals surface area contributed by atoms with Gasteiger partial charge < -0.3 is 10.6 Å². The molecule has 3 aromatic rings. The molecule has 1 aliphatic rings. The number of thiophene rings is 1. The SMILES string of the molecule is CNC(=O)c1c(NC(=O)c2nn(-c3cccc(C)c3)ccc2=O)sc2c1CCCC2. The first kappa shape index (κ1) is 20.0. The Balaban J connectivity index is 1.70. The summed E-state index contributed by atoms with van der Waals surface area (Å²) < 4.78 is 1.50. The van der Waals surface area contributed by atoms with E-state index in [2.05, 4.69) is 15.7 Å². The maximum Gasteiger partial charge on any atom is 0.280 e. The maximum atomic E-state index is 12.9. The van der Waals surface area contributed by atoms with E-state index in [-0.39, 0.29) is 11.6 Å². The molecule has 2 heterocycles. The number of anilines is 1. The van der Waals surface area contributed by atoms with Gasteiger partial charge in [0.2, 0.25) is 5.43 Å². The van der Waals surface area contributed by atoms with E-state index in [1.807, 2.05) is 31.2 Å². The van der Waals surface area contributed by atoms with Gasteiger partial charge in [0.15, 0.2) is 5.69 Å². The van der Waals surface area contributed by atoms with Crippen LogP contribution in [-0.2, 0) is 12.8 Å². The molecular weight excluding hydrogens is 400 g/mol. The summed E-state index contributed by atoms with van der Waals surface area (Å²) in [6, 6.07) is 8.93. The molecule has 7 nitrogen and oxygen atoms in total. The van der Waals surface area contributed by atoms with Gasteiger partial charge in [-0.3, -0.25) is 14.4 Å². The van der Waals surface area contributed by atoms with Crippen LogP contribution in [0.1, 0.15) is 49.7 Å². The zero-order valence-electron chi connectivity index (χ0n) is 16.8. The van der Waals surface area contributed by atoms with Gasteiger partial charge in [0, 0.05) is 24.2 Å². The number of fused-ring (bicyclic) bond motifs is 1. The largest absolute Gasteiger partial charge is 0.355 e. The summed E-state index contributed by atoms with van der Waals surface area (Å²) in [5.74, 6) is -0.853. The summed E-state index contributed by atoms with van der Waals surface area (Å²) in [5.41, 5.74) is 2.60. The van der Waals surface area contributed by atoms with Crippen LogP contribution < -0.4 is 16.1 Å². The summed E-state index contributed by atoms with van der Waals surface area (Å²) in [6.45, 7) is 1.96. The molecule has 0 bridgehead atoms. The monoisotopic (exact) mass is 422 g/mol. The molecule has 4 rings (SSSR count). The van der Waals surface area contributed by atoms with Gasteiger partial charge in [-0.15, -0.1) is 11.3 Å². The molecule has 2 aromatic heterocycles. The molecular formula is C22H22N4O3S. The van der Waals surface area contributed by atoms with Gasteiger partial charge in [0.25, 0.3) is 11.8 Å². The van der Waals surface area contributed by atoms with Gasteiger partial charge in [-0.2, -0.15) is 5.10 Å². The fourth-order valence-corrected chi connectivity index (χ4v) is 4.94. The summed E-state index contributed by atoms with van der Waals surface area (Å²) in [4.78, 5) is 38.9. The van der Waals surface area contributed by atoms with E-state index in [0.29, 0.717) is 10.6 Å². The number of hydrogen-bond acceptors (Lipinski definition) is 5. The fraction of sp³-hybridized carbons (Fsp3) is 0.273. The lowest BCUT2D eigenvalue weighted by Crippen LogP contribution is -2.27. The Kier molecular flexibility index (Phi) is 5.50. The Labute approximate surface area is 177 Å². The van der Waals surface area contributed by atoms with Crippen molar-refractivity contribution in [3.63, 3.8) is 0 Å². The van der Waals surface area contributed by atoms with Crippen molar-refractivity contribution in [2.75, 3.05) is 12.4 Å². The number of carbonyl (C=O) groups is 2. The van der Waals surface area contributed by atoms with Crippen LogP contribution >= 0.6 is 11.3 Å². The highest BCUT2D eigenvalue weighted by atomic mass is 32.1. The fourth-order valence-electron chi connectivity index (χ4n) is 3.66. The second kappa shape index (κ2) is 8.23. The molecule has 0 saturated heterocycles. The molecule has 0 aliphatic heterocycles. The van der Waals surface area contributed by atoms with Gasteiger partial charge in [-0.25, -0.2) is 4.68 Å². The van der Waals surface area contributed by atoms with Crippen molar-refractivity contribution in [3.05, 3.63) is 74.0 Å². The van der Waals surface area contributed by atoms with Crippen LogP contribution in [0.4, 0.5) is 5.00 Å². The average Bonchev–Trinajstić information content (AvgIpc) is 3.11. The number of carbonyl (C=O) groups excluding carboxylic acids is 2. The smallest absolute Gasteiger partial charge is 0.280 e. The third-order valence-corrected chi connectivity index (χ3v) is 6.35. The average molecular weight is 423 g/mol. The zero-order valence-corrected chi connectivity index (χ0v) is 17.6. The Morgan fingerprint density at radius 2 is 1.93 bits per heavy atom. The maximum absolute atomic E-state index is 12.9. The molecule has 0 unspecified atom stereocenters. The normalized spacial score (nSPS) is 12.9. The van der Waals surface area contributed by atoms with Crippen molar-refractivity contribution in [2.24, 2.45) is 0 Å². The molecule has 0 fully saturated rings. The van der Waals surface area contributed by atoms with Crippen molar-refractivity contribution in [1.29, 1.82) is 0 Å². The van der Waals surface area contributed by atoms with Crippen LogP contribution in [0.15, 0.2) is 41.3 Å². The summed E-state index contributed by atoms with van der Waals surface area (Å²) in [5, 5.41) is 10.1. The van der Waals surface area contributed by atoms with E-state index in [1.165, 1.54) is 28.3 Å².